The van der Waals surface area contributed by atoms with Crippen LogP contribution in [0.15, 0.2) is 41.6 Å². The molecule has 8 heteroatoms. The molecule has 0 aliphatic heterocycles. The van der Waals surface area contributed by atoms with Crippen LogP contribution < -0.4 is 4.72 Å². The SMILES string of the molecule is Cc1ccc(NS(=O)(=O)c2ccc(C(=O)O)cn2)c(F)c1. The molecule has 21 heavy (non-hydrogen) atoms. The van der Waals surface area contributed by atoms with E-state index in [1.807, 2.05) is 0 Å². The Hall–Kier alpha value is -2.48. The van der Waals surface area contributed by atoms with Crippen molar-refractivity contribution in [3.8, 4) is 0 Å². The molecule has 1 aromatic carbocycles. The molecule has 0 saturated heterocycles. The number of nitrogens with one attached hydrogen (secondary N) is 1. The molecule has 0 spiro atoms. The summed E-state index contributed by atoms with van der Waals surface area (Å²) < 4.78 is 39.8. The van der Waals surface area contributed by atoms with E-state index >= 15 is 0 Å². The number of nitrogens with zero attached hydrogens (tertiary/aromatic N) is 1. The molecule has 110 valence electrons. The molecule has 0 unspecified atom stereocenters. The highest BCUT2D eigenvalue weighted by atomic mass is 32.2. The molecule has 1 heterocycles. The normalized spacial score (nSPS) is 11.1. The number of benzene rings is 1. The molecule has 2 rings (SSSR count). The maximum absolute atomic E-state index is 13.6. The highest BCUT2D eigenvalue weighted by Crippen LogP contribution is 2.19. The smallest absolute Gasteiger partial charge is 0.337 e. The Balaban J connectivity index is 2.31. The average Bonchev–Trinajstić information content (AvgIpc) is 2.42. The third-order valence-corrected chi connectivity index (χ3v) is 3.91. The second-order valence-electron chi connectivity index (χ2n) is 4.28. The number of hydrogen-bond acceptors (Lipinski definition) is 4. The van der Waals surface area contributed by atoms with E-state index < -0.39 is 26.8 Å². The van der Waals surface area contributed by atoms with Crippen molar-refractivity contribution in [2.75, 3.05) is 4.72 Å². The zero-order valence-electron chi connectivity index (χ0n) is 10.9. The van der Waals surface area contributed by atoms with E-state index in [9.17, 15) is 17.6 Å². The zero-order valence-corrected chi connectivity index (χ0v) is 11.7. The predicted octanol–water partition coefficient (Wildman–Crippen LogP) is 2.03. The van der Waals surface area contributed by atoms with Crippen molar-refractivity contribution >= 4 is 21.7 Å². The van der Waals surface area contributed by atoms with Gasteiger partial charge in [0.2, 0.25) is 0 Å². The first kappa shape index (κ1) is 14.9. The molecule has 0 bridgehead atoms. The largest absolute Gasteiger partial charge is 0.478 e. The Morgan fingerprint density at radius 3 is 2.52 bits per heavy atom. The Morgan fingerprint density at radius 1 is 1.29 bits per heavy atom. The van der Waals surface area contributed by atoms with Crippen molar-refractivity contribution < 1.29 is 22.7 Å². The minimum atomic E-state index is -4.09. The number of sulfonamides is 1. The van der Waals surface area contributed by atoms with Crippen LogP contribution >= 0.6 is 0 Å². The third-order valence-electron chi connectivity index (χ3n) is 2.63. The van der Waals surface area contributed by atoms with Crippen molar-refractivity contribution in [3.05, 3.63) is 53.5 Å². The van der Waals surface area contributed by atoms with Gasteiger partial charge in [-0.3, -0.25) is 4.72 Å². The summed E-state index contributed by atoms with van der Waals surface area (Å²) in [5, 5.41) is 8.33. The Kier molecular flexibility index (Phi) is 3.90. The minimum Gasteiger partial charge on any atom is -0.478 e. The summed E-state index contributed by atoms with van der Waals surface area (Å²) in [7, 11) is -4.09. The summed E-state index contributed by atoms with van der Waals surface area (Å²) in [5.41, 5.74) is 0.305. The van der Waals surface area contributed by atoms with Gasteiger partial charge in [-0.2, -0.15) is 8.42 Å². The second-order valence-corrected chi connectivity index (χ2v) is 5.91. The zero-order chi connectivity index (χ0) is 15.6. The lowest BCUT2D eigenvalue weighted by molar-refractivity contribution is 0.0696. The number of pyridine rings is 1. The quantitative estimate of drug-likeness (QED) is 0.900. The molecule has 0 saturated carbocycles. The summed E-state index contributed by atoms with van der Waals surface area (Å²) in [4.78, 5) is 14.2. The topological polar surface area (TPSA) is 96.4 Å². The first-order valence-electron chi connectivity index (χ1n) is 5.78. The maximum Gasteiger partial charge on any atom is 0.337 e. The highest BCUT2D eigenvalue weighted by Gasteiger charge is 2.18. The summed E-state index contributed by atoms with van der Waals surface area (Å²) in [6.07, 6.45) is 0.919. The van der Waals surface area contributed by atoms with Crippen LogP contribution in [0.5, 0.6) is 0 Å². The number of aromatic nitrogens is 1. The van der Waals surface area contributed by atoms with E-state index in [-0.39, 0.29) is 11.3 Å². The molecule has 0 amide bonds. The Bertz CT molecular complexity index is 788. The van der Waals surface area contributed by atoms with Crippen LogP contribution in [0.4, 0.5) is 10.1 Å². The van der Waals surface area contributed by atoms with Crippen molar-refractivity contribution in [1.29, 1.82) is 0 Å². The lowest BCUT2D eigenvalue weighted by Gasteiger charge is -2.08. The van der Waals surface area contributed by atoms with Crippen LogP contribution in [0.2, 0.25) is 0 Å². The van der Waals surface area contributed by atoms with Gasteiger partial charge in [0.15, 0.2) is 5.03 Å². The number of aryl methyl sites for hydroxylation is 1. The summed E-state index contributed by atoms with van der Waals surface area (Å²) in [5.74, 6) is -1.93. The van der Waals surface area contributed by atoms with E-state index in [2.05, 4.69) is 9.71 Å². The van der Waals surface area contributed by atoms with Crippen LogP contribution in [0.3, 0.4) is 0 Å². The van der Waals surface area contributed by atoms with Crippen LogP contribution in [-0.4, -0.2) is 24.5 Å². The van der Waals surface area contributed by atoms with Gasteiger partial charge < -0.3 is 5.11 Å². The van der Waals surface area contributed by atoms with Crippen LogP contribution in [0.25, 0.3) is 0 Å². The number of carboxylic acid groups (broad SMARTS) is 1. The van der Waals surface area contributed by atoms with Crippen molar-refractivity contribution in [2.24, 2.45) is 0 Å². The number of rotatable bonds is 4. The van der Waals surface area contributed by atoms with Crippen molar-refractivity contribution in [3.63, 3.8) is 0 Å². The lowest BCUT2D eigenvalue weighted by atomic mass is 10.2. The molecule has 0 aliphatic rings. The molecule has 0 atom stereocenters. The summed E-state index contributed by atoms with van der Waals surface area (Å²) in [6, 6.07) is 6.20. The molecule has 0 aliphatic carbocycles. The molecule has 0 radical (unpaired) electrons. The molecule has 1 aromatic heterocycles. The average molecular weight is 310 g/mol. The fraction of sp³-hybridized carbons (Fsp3) is 0.0769. The molecule has 2 aromatic rings. The molecular formula is C13H11FN2O4S. The molecule has 0 fully saturated rings. The first-order valence-corrected chi connectivity index (χ1v) is 7.26. The number of anilines is 1. The van der Waals surface area contributed by atoms with E-state index in [1.54, 1.807) is 13.0 Å². The van der Waals surface area contributed by atoms with Crippen LogP contribution in [0.1, 0.15) is 15.9 Å². The van der Waals surface area contributed by atoms with E-state index in [4.69, 9.17) is 5.11 Å². The van der Waals surface area contributed by atoms with E-state index in [0.717, 1.165) is 18.3 Å². The van der Waals surface area contributed by atoms with Gasteiger partial charge in [0, 0.05) is 6.20 Å². The molecular weight excluding hydrogens is 299 g/mol. The monoisotopic (exact) mass is 310 g/mol. The van der Waals surface area contributed by atoms with Crippen LogP contribution in [0, 0.1) is 12.7 Å². The van der Waals surface area contributed by atoms with Gasteiger partial charge in [-0.1, -0.05) is 6.07 Å². The van der Waals surface area contributed by atoms with E-state index in [0.29, 0.717) is 5.56 Å². The van der Waals surface area contributed by atoms with Crippen molar-refractivity contribution in [1.82, 2.24) is 4.98 Å². The van der Waals surface area contributed by atoms with Gasteiger partial charge in [-0.15, -0.1) is 0 Å². The maximum atomic E-state index is 13.6. The molecule has 6 nitrogen and oxygen atoms in total. The Labute approximate surface area is 120 Å². The first-order chi connectivity index (χ1) is 9.79. The van der Waals surface area contributed by atoms with Crippen LogP contribution in [-0.2, 0) is 10.0 Å². The van der Waals surface area contributed by atoms with Gasteiger partial charge in [-0.25, -0.2) is 14.2 Å². The van der Waals surface area contributed by atoms with Gasteiger partial charge >= 0.3 is 5.97 Å². The second kappa shape index (κ2) is 5.49. The number of carbonyl (C=O) groups is 1. The Morgan fingerprint density at radius 2 is 2.00 bits per heavy atom. The molecule has 2 N–H and O–H groups in total. The lowest BCUT2D eigenvalue weighted by Crippen LogP contribution is -2.15. The van der Waals surface area contributed by atoms with Gasteiger partial charge in [0.25, 0.3) is 10.0 Å². The minimum absolute atomic E-state index is 0.143. The number of hydrogen-bond donors (Lipinski definition) is 2. The number of aromatic carboxylic acids is 1. The third kappa shape index (κ3) is 3.34. The fourth-order valence-corrected chi connectivity index (χ4v) is 2.56. The summed E-state index contributed by atoms with van der Waals surface area (Å²) >= 11 is 0. The number of carboxylic acids is 1. The van der Waals surface area contributed by atoms with Crippen molar-refractivity contribution in [2.45, 2.75) is 11.9 Å². The highest BCUT2D eigenvalue weighted by molar-refractivity contribution is 7.92. The fourth-order valence-electron chi connectivity index (χ4n) is 1.57. The van der Waals surface area contributed by atoms with E-state index in [1.165, 1.54) is 12.1 Å². The van der Waals surface area contributed by atoms with Gasteiger partial charge in [-0.05, 0) is 36.8 Å². The van der Waals surface area contributed by atoms with Gasteiger partial charge in [0.05, 0.1) is 11.3 Å². The predicted molar refractivity (Wildman–Crippen MR) is 73.1 cm³/mol. The standard InChI is InChI=1S/C13H11FN2O4S/c1-8-2-4-11(10(14)6-8)16-21(19,20)12-5-3-9(7-15-12)13(17)18/h2-7,16H,1H3,(H,17,18). The van der Waals surface area contributed by atoms with Gasteiger partial charge in [0.1, 0.15) is 5.82 Å². The summed E-state index contributed by atoms with van der Waals surface area (Å²) in [6.45, 7) is 1.67. The number of halogens is 1.